The number of amides is 2. The quantitative estimate of drug-likeness (QED) is 0.896. The van der Waals surface area contributed by atoms with E-state index < -0.39 is 0 Å². The molecule has 2 amide bonds. The largest absolute Gasteiger partial charge is 0.344 e. The molecule has 18 heavy (non-hydrogen) atoms. The summed E-state index contributed by atoms with van der Waals surface area (Å²) in [5.41, 5.74) is 0. The fraction of sp³-hybridized carbons (Fsp3) is 0.538. The van der Waals surface area contributed by atoms with Crippen molar-refractivity contribution in [3.05, 3.63) is 22.4 Å². The van der Waals surface area contributed by atoms with Crippen molar-refractivity contribution in [1.29, 1.82) is 0 Å². The minimum absolute atomic E-state index is 0.0196. The number of rotatable bonds is 4. The molecule has 1 atom stereocenters. The molecule has 0 saturated carbocycles. The molecule has 0 bridgehead atoms. The molecule has 2 heterocycles. The highest BCUT2D eigenvalue weighted by Crippen LogP contribution is 2.12. The van der Waals surface area contributed by atoms with Gasteiger partial charge in [-0.3, -0.25) is 9.59 Å². The molecule has 1 unspecified atom stereocenters. The summed E-state index contributed by atoms with van der Waals surface area (Å²) in [4.78, 5) is 26.8. The molecule has 1 aliphatic rings. The van der Waals surface area contributed by atoms with Crippen LogP contribution in [0, 0.1) is 0 Å². The molecule has 1 saturated heterocycles. The summed E-state index contributed by atoms with van der Waals surface area (Å²) in [6.07, 6.45) is 1.93. The highest BCUT2D eigenvalue weighted by atomic mass is 32.1. The standard InChI is InChI=1S/C13H18N2O2S/c1-2-11-13(17)15(8-6-12(16)14-11)7-5-10-4-3-9-18-10/h3-4,9,11H,2,5-8H2,1H3,(H,14,16). The van der Waals surface area contributed by atoms with Gasteiger partial charge >= 0.3 is 0 Å². The molecule has 1 aliphatic heterocycles. The maximum atomic E-state index is 12.2. The SMILES string of the molecule is CCC1NC(=O)CCN(CCc2cccs2)C1=O. The van der Waals surface area contributed by atoms with Crippen LogP contribution in [0.15, 0.2) is 17.5 Å². The van der Waals surface area contributed by atoms with E-state index >= 15 is 0 Å². The van der Waals surface area contributed by atoms with E-state index in [4.69, 9.17) is 0 Å². The Morgan fingerprint density at radius 1 is 1.50 bits per heavy atom. The summed E-state index contributed by atoms with van der Waals surface area (Å²) in [6.45, 7) is 3.16. The topological polar surface area (TPSA) is 49.4 Å². The number of nitrogens with zero attached hydrogens (tertiary/aromatic N) is 1. The number of hydrogen-bond donors (Lipinski definition) is 1. The zero-order chi connectivity index (χ0) is 13.0. The van der Waals surface area contributed by atoms with Crippen LogP contribution in [-0.2, 0) is 16.0 Å². The molecule has 2 rings (SSSR count). The van der Waals surface area contributed by atoms with Crippen LogP contribution in [0.4, 0.5) is 0 Å². The first-order chi connectivity index (χ1) is 8.70. The van der Waals surface area contributed by atoms with Crippen LogP contribution in [-0.4, -0.2) is 35.8 Å². The lowest BCUT2D eigenvalue weighted by molar-refractivity contribution is -0.133. The van der Waals surface area contributed by atoms with Crippen molar-refractivity contribution >= 4 is 23.2 Å². The third kappa shape index (κ3) is 3.10. The number of hydrogen-bond acceptors (Lipinski definition) is 3. The van der Waals surface area contributed by atoms with E-state index in [9.17, 15) is 9.59 Å². The number of nitrogens with one attached hydrogen (secondary N) is 1. The molecule has 1 fully saturated rings. The van der Waals surface area contributed by atoms with Gasteiger partial charge in [0, 0.05) is 24.4 Å². The van der Waals surface area contributed by atoms with E-state index in [1.165, 1.54) is 4.88 Å². The Morgan fingerprint density at radius 3 is 3.00 bits per heavy atom. The Kier molecular flexibility index (Phi) is 4.36. The molecule has 0 aromatic carbocycles. The first kappa shape index (κ1) is 13.1. The molecule has 4 nitrogen and oxygen atoms in total. The Labute approximate surface area is 111 Å². The van der Waals surface area contributed by atoms with E-state index in [2.05, 4.69) is 11.4 Å². The zero-order valence-electron chi connectivity index (χ0n) is 10.5. The number of thiophene rings is 1. The van der Waals surface area contributed by atoms with Crippen LogP contribution in [0.2, 0.25) is 0 Å². The van der Waals surface area contributed by atoms with Crippen molar-refractivity contribution in [2.75, 3.05) is 13.1 Å². The average Bonchev–Trinajstić information content (AvgIpc) is 2.83. The van der Waals surface area contributed by atoms with Gasteiger partial charge in [0.05, 0.1) is 0 Å². The molecule has 0 spiro atoms. The lowest BCUT2D eigenvalue weighted by Gasteiger charge is -2.23. The second kappa shape index (κ2) is 6.00. The van der Waals surface area contributed by atoms with Gasteiger partial charge in [0.15, 0.2) is 0 Å². The van der Waals surface area contributed by atoms with Crippen molar-refractivity contribution in [2.45, 2.75) is 32.2 Å². The Balaban J connectivity index is 1.97. The van der Waals surface area contributed by atoms with Gasteiger partial charge in [-0.05, 0) is 24.3 Å². The van der Waals surface area contributed by atoms with Crippen molar-refractivity contribution < 1.29 is 9.59 Å². The summed E-state index contributed by atoms with van der Waals surface area (Å²) in [6, 6.07) is 3.75. The highest BCUT2D eigenvalue weighted by molar-refractivity contribution is 7.09. The molecule has 0 radical (unpaired) electrons. The molecule has 5 heteroatoms. The predicted octanol–water partition coefficient (Wildman–Crippen LogP) is 1.42. The van der Waals surface area contributed by atoms with Gasteiger partial charge in [-0.25, -0.2) is 0 Å². The van der Waals surface area contributed by atoms with E-state index in [1.54, 1.807) is 11.3 Å². The van der Waals surface area contributed by atoms with E-state index in [1.807, 2.05) is 23.3 Å². The monoisotopic (exact) mass is 266 g/mol. The maximum Gasteiger partial charge on any atom is 0.245 e. The van der Waals surface area contributed by atoms with Gasteiger partial charge in [0.1, 0.15) is 6.04 Å². The summed E-state index contributed by atoms with van der Waals surface area (Å²) < 4.78 is 0. The van der Waals surface area contributed by atoms with Gasteiger partial charge in [0.2, 0.25) is 11.8 Å². The smallest absolute Gasteiger partial charge is 0.245 e. The Hall–Kier alpha value is -1.36. The Bertz CT molecular complexity index is 417. The molecule has 1 N–H and O–H groups in total. The first-order valence-electron chi connectivity index (χ1n) is 6.31. The second-order valence-corrected chi connectivity index (χ2v) is 5.47. The van der Waals surface area contributed by atoms with Crippen molar-refractivity contribution in [3.63, 3.8) is 0 Å². The van der Waals surface area contributed by atoms with Gasteiger partial charge in [-0.2, -0.15) is 0 Å². The summed E-state index contributed by atoms with van der Waals surface area (Å²) in [5.74, 6) is 0.0359. The molecule has 0 aliphatic carbocycles. The van der Waals surface area contributed by atoms with E-state index in [-0.39, 0.29) is 17.9 Å². The van der Waals surface area contributed by atoms with Gasteiger partial charge in [-0.1, -0.05) is 13.0 Å². The summed E-state index contributed by atoms with van der Waals surface area (Å²) >= 11 is 1.70. The number of carbonyl (C=O) groups excluding carboxylic acids is 2. The third-order valence-corrected chi connectivity index (χ3v) is 4.11. The fourth-order valence-corrected chi connectivity index (χ4v) is 2.79. The van der Waals surface area contributed by atoms with Crippen molar-refractivity contribution in [1.82, 2.24) is 10.2 Å². The van der Waals surface area contributed by atoms with Gasteiger partial charge in [-0.15, -0.1) is 11.3 Å². The minimum Gasteiger partial charge on any atom is -0.344 e. The van der Waals surface area contributed by atoms with E-state index in [0.717, 1.165) is 6.42 Å². The van der Waals surface area contributed by atoms with Crippen LogP contribution < -0.4 is 5.32 Å². The average molecular weight is 266 g/mol. The Morgan fingerprint density at radius 2 is 2.33 bits per heavy atom. The summed E-state index contributed by atoms with van der Waals surface area (Å²) in [5, 5.41) is 4.82. The highest BCUT2D eigenvalue weighted by Gasteiger charge is 2.27. The molecule has 1 aromatic heterocycles. The fourth-order valence-electron chi connectivity index (χ4n) is 2.09. The van der Waals surface area contributed by atoms with Crippen LogP contribution in [0.5, 0.6) is 0 Å². The first-order valence-corrected chi connectivity index (χ1v) is 7.19. The molecule has 98 valence electrons. The number of carbonyl (C=O) groups is 2. The lowest BCUT2D eigenvalue weighted by atomic mass is 10.2. The normalized spacial score (nSPS) is 20.7. The van der Waals surface area contributed by atoms with Crippen LogP contribution in [0.1, 0.15) is 24.6 Å². The van der Waals surface area contributed by atoms with Crippen LogP contribution >= 0.6 is 11.3 Å². The molecular formula is C13H18N2O2S. The van der Waals surface area contributed by atoms with Crippen LogP contribution in [0.25, 0.3) is 0 Å². The van der Waals surface area contributed by atoms with Gasteiger partial charge in [0.25, 0.3) is 0 Å². The zero-order valence-corrected chi connectivity index (χ0v) is 11.3. The second-order valence-electron chi connectivity index (χ2n) is 4.43. The maximum absolute atomic E-state index is 12.2. The summed E-state index contributed by atoms with van der Waals surface area (Å²) in [7, 11) is 0. The van der Waals surface area contributed by atoms with Gasteiger partial charge < -0.3 is 10.2 Å². The van der Waals surface area contributed by atoms with E-state index in [0.29, 0.717) is 25.9 Å². The molecular weight excluding hydrogens is 248 g/mol. The lowest BCUT2D eigenvalue weighted by Crippen LogP contribution is -2.44. The minimum atomic E-state index is -0.344. The third-order valence-electron chi connectivity index (χ3n) is 3.17. The predicted molar refractivity (Wildman–Crippen MR) is 71.4 cm³/mol. The van der Waals surface area contributed by atoms with Crippen LogP contribution in [0.3, 0.4) is 0 Å². The molecule has 1 aromatic rings. The van der Waals surface area contributed by atoms with Crippen molar-refractivity contribution in [3.8, 4) is 0 Å². The van der Waals surface area contributed by atoms with Crippen molar-refractivity contribution in [2.24, 2.45) is 0 Å².